The quantitative estimate of drug-likeness (QED) is 0.582. The summed E-state index contributed by atoms with van der Waals surface area (Å²) in [6.07, 6.45) is -2.28. The lowest BCUT2D eigenvalue weighted by molar-refractivity contribution is 0.142. The molecular formula is C5H12F2N2. The third-order valence-electron chi connectivity index (χ3n) is 0.974. The molecule has 0 aliphatic carbocycles. The van der Waals surface area contributed by atoms with Crippen LogP contribution in [0.5, 0.6) is 0 Å². The lowest BCUT2D eigenvalue weighted by Crippen LogP contribution is -2.36. The van der Waals surface area contributed by atoms with Crippen molar-refractivity contribution < 1.29 is 8.78 Å². The largest absolute Gasteiger partial charge is 0.329 e. The van der Waals surface area contributed by atoms with Crippen molar-refractivity contribution >= 4 is 0 Å². The molecule has 2 nitrogen and oxygen atoms in total. The zero-order valence-electron chi connectivity index (χ0n) is 5.40. The predicted molar refractivity (Wildman–Crippen MR) is 32.5 cm³/mol. The summed E-state index contributed by atoms with van der Waals surface area (Å²) in [4.78, 5) is 0. The van der Waals surface area contributed by atoms with Crippen LogP contribution in [0, 0.1) is 0 Å². The molecule has 0 spiro atoms. The number of nitrogens with one attached hydrogen (secondary N) is 1. The van der Waals surface area contributed by atoms with Crippen LogP contribution in [-0.2, 0) is 0 Å². The van der Waals surface area contributed by atoms with Gasteiger partial charge >= 0.3 is 0 Å². The maximum atomic E-state index is 11.4. The van der Waals surface area contributed by atoms with Crippen LogP contribution in [0.1, 0.15) is 6.92 Å². The van der Waals surface area contributed by atoms with Crippen molar-refractivity contribution in [2.24, 2.45) is 5.73 Å². The van der Waals surface area contributed by atoms with Crippen LogP contribution < -0.4 is 11.1 Å². The zero-order valence-corrected chi connectivity index (χ0v) is 5.40. The Morgan fingerprint density at radius 1 is 1.56 bits per heavy atom. The standard InChI is InChI=1S/C5H12F2N2/c1-4(2-8)9-3-5(6)7/h4-5,9H,2-3,8H2,1H3. The molecular weight excluding hydrogens is 126 g/mol. The zero-order chi connectivity index (χ0) is 7.28. The Hall–Kier alpha value is -0.220. The summed E-state index contributed by atoms with van der Waals surface area (Å²) in [6.45, 7) is 1.90. The Labute approximate surface area is 53.4 Å². The SMILES string of the molecule is CC(CN)NCC(F)F. The predicted octanol–water partition coefficient (Wildman–Crippen LogP) is 0.188. The van der Waals surface area contributed by atoms with Gasteiger partial charge < -0.3 is 11.1 Å². The van der Waals surface area contributed by atoms with Crippen LogP contribution in [-0.4, -0.2) is 25.6 Å². The van der Waals surface area contributed by atoms with Crippen molar-refractivity contribution in [1.82, 2.24) is 5.32 Å². The van der Waals surface area contributed by atoms with Crippen LogP contribution >= 0.6 is 0 Å². The molecule has 0 aliphatic rings. The minimum absolute atomic E-state index is 0.0148. The van der Waals surface area contributed by atoms with E-state index in [1.54, 1.807) is 6.92 Å². The van der Waals surface area contributed by atoms with Gasteiger partial charge in [-0.25, -0.2) is 8.78 Å². The van der Waals surface area contributed by atoms with E-state index in [1.807, 2.05) is 0 Å². The fourth-order valence-electron chi connectivity index (χ4n) is 0.374. The van der Waals surface area contributed by atoms with E-state index in [0.717, 1.165) is 0 Å². The van der Waals surface area contributed by atoms with Crippen molar-refractivity contribution in [3.8, 4) is 0 Å². The molecule has 0 bridgehead atoms. The lowest BCUT2D eigenvalue weighted by atomic mass is 10.3. The Bertz CT molecular complexity index is 68.0. The van der Waals surface area contributed by atoms with E-state index < -0.39 is 6.43 Å². The van der Waals surface area contributed by atoms with Gasteiger partial charge in [0, 0.05) is 12.6 Å². The number of nitrogens with two attached hydrogens (primary N) is 1. The van der Waals surface area contributed by atoms with Gasteiger partial charge in [0.25, 0.3) is 6.43 Å². The highest BCUT2D eigenvalue weighted by Crippen LogP contribution is 1.88. The Balaban J connectivity index is 3.06. The number of halogens is 2. The highest BCUT2D eigenvalue weighted by atomic mass is 19.3. The Morgan fingerprint density at radius 3 is 2.44 bits per heavy atom. The number of alkyl halides is 2. The molecule has 4 heteroatoms. The third kappa shape index (κ3) is 5.65. The maximum absolute atomic E-state index is 11.4. The van der Waals surface area contributed by atoms with Gasteiger partial charge in [-0.3, -0.25) is 0 Å². The highest BCUT2D eigenvalue weighted by Gasteiger charge is 2.03. The van der Waals surface area contributed by atoms with E-state index in [1.165, 1.54) is 0 Å². The fraction of sp³-hybridized carbons (Fsp3) is 1.00. The molecule has 0 saturated carbocycles. The normalized spacial score (nSPS) is 14.3. The molecule has 0 aromatic rings. The molecule has 0 rings (SSSR count). The highest BCUT2D eigenvalue weighted by molar-refractivity contribution is 4.60. The average Bonchev–Trinajstić information content (AvgIpc) is 1.83. The van der Waals surface area contributed by atoms with Crippen LogP contribution in [0.25, 0.3) is 0 Å². The molecule has 0 radical (unpaired) electrons. The molecule has 0 aromatic carbocycles. The third-order valence-corrected chi connectivity index (χ3v) is 0.974. The van der Waals surface area contributed by atoms with Gasteiger partial charge in [0.2, 0.25) is 0 Å². The first-order valence-corrected chi connectivity index (χ1v) is 2.88. The van der Waals surface area contributed by atoms with Crippen molar-refractivity contribution in [2.75, 3.05) is 13.1 Å². The summed E-state index contributed by atoms with van der Waals surface area (Å²) >= 11 is 0. The summed E-state index contributed by atoms with van der Waals surface area (Å²) in [5, 5.41) is 2.56. The van der Waals surface area contributed by atoms with Gasteiger partial charge in [0.15, 0.2) is 0 Å². The van der Waals surface area contributed by atoms with E-state index in [0.29, 0.717) is 6.54 Å². The van der Waals surface area contributed by atoms with Crippen molar-refractivity contribution in [1.29, 1.82) is 0 Å². The van der Waals surface area contributed by atoms with E-state index in [9.17, 15) is 8.78 Å². The molecule has 1 atom stereocenters. The average molecular weight is 138 g/mol. The van der Waals surface area contributed by atoms with Crippen LogP contribution in [0.2, 0.25) is 0 Å². The molecule has 0 saturated heterocycles. The van der Waals surface area contributed by atoms with Crippen molar-refractivity contribution in [3.05, 3.63) is 0 Å². The molecule has 56 valence electrons. The second-order valence-electron chi connectivity index (χ2n) is 1.94. The molecule has 9 heavy (non-hydrogen) atoms. The molecule has 0 aromatic heterocycles. The fourth-order valence-corrected chi connectivity index (χ4v) is 0.374. The summed E-state index contributed by atoms with van der Waals surface area (Å²) in [6, 6.07) is -0.0148. The Morgan fingerprint density at radius 2 is 2.11 bits per heavy atom. The molecule has 1 unspecified atom stereocenters. The van der Waals surface area contributed by atoms with E-state index in [-0.39, 0.29) is 12.6 Å². The summed E-state index contributed by atoms with van der Waals surface area (Å²) < 4.78 is 22.9. The summed E-state index contributed by atoms with van der Waals surface area (Å²) in [5.74, 6) is 0. The van der Waals surface area contributed by atoms with Crippen LogP contribution in [0.4, 0.5) is 8.78 Å². The van der Waals surface area contributed by atoms with Crippen LogP contribution in [0.3, 0.4) is 0 Å². The maximum Gasteiger partial charge on any atom is 0.250 e. The van der Waals surface area contributed by atoms with Gasteiger partial charge in [-0.2, -0.15) is 0 Å². The minimum atomic E-state index is -2.28. The molecule has 0 aliphatic heterocycles. The van der Waals surface area contributed by atoms with Crippen LogP contribution in [0.15, 0.2) is 0 Å². The number of hydrogen-bond acceptors (Lipinski definition) is 2. The first-order chi connectivity index (χ1) is 4.16. The minimum Gasteiger partial charge on any atom is -0.329 e. The smallest absolute Gasteiger partial charge is 0.250 e. The molecule has 0 amide bonds. The van der Waals surface area contributed by atoms with Gasteiger partial charge in [0.05, 0.1) is 6.54 Å². The van der Waals surface area contributed by atoms with Gasteiger partial charge in [-0.15, -0.1) is 0 Å². The van der Waals surface area contributed by atoms with E-state index >= 15 is 0 Å². The second kappa shape index (κ2) is 4.64. The van der Waals surface area contributed by atoms with Gasteiger partial charge in [-0.1, -0.05) is 0 Å². The van der Waals surface area contributed by atoms with Gasteiger partial charge in [0.1, 0.15) is 0 Å². The number of rotatable bonds is 4. The monoisotopic (exact) mass is 138 g/mol. The first-order valence-electron chi connectivity index (χ1n) is 2.88. The first kappa shape index (κ1) is 8.78. The molecule has 0 heterocycles. The molecule has 3 N–H and O–H groups in total. The summed E-state index contributed by atoms with van der Waals surface area (Å²) in [7, 11) is 0. The summed E-state index contributed by atoms with van der Waals surface area (Å²) in [5.41, 5.74) is 5.15. The van der Waals surface area contributed by atoms with Crippen molar-refractivity contribution in [3.63, 3.8) is 0 Å². The Kier molecular flexibility index (Phi) is 4.53. The molecule has 0 fully saturated rings. The van der Waals surface area contributed by atoms with Crippen molar-refractivity contribution in [2.45, 2.75) is 19.4 Å². The number of hydrogen-bond donors (Lipinski definition) is 2. The second-order valence-corrected chi connectivity index (χ2v) is 1.94. The van der Waals surface area contributed by atoms with E-state index in [4.69, 9.17) is 5.73 Å². The topological polar surface area (TPSA) is 38.0 Å². The lowest BCUT2D eigenvalue weighted by Gasteiger charge is -2.09. The van der Waals surface area contributed by atoms with E-state index in [2.05, 4.69) is 5.32 Å². The van der Waals surface area contributed by atoms with Gasteiger partial charge in [-0.05, 0) is 6.92 Å².